The van der Waals surface area contributed by atoms with Gasteiger partial charge in [0.05, 0.1) is 25.4 Å². The first-order valence-electron chi connectivity index (χ1n) is 7.17. The molecule has 8 heteroatoms. The van der Waals surface area contributed by atoms with E-state index < -0.39 is 20.0 Å². The van der Waals surface area contributed by atoms with Gasteiger partial charge in [0.1, 0.15) is 0 Å². The second-order valence-corrected chi connectivity index (χ2v) is 7.69. The van der Waals surface area contributed by atoms with Crippen LogP contribution in [0.2, 0.25) is 0 Å². The summed E-state index contributed by atoms with van der Waals surface area (Å²) in [6, 6.07) is -0.833. The molecule has 0 aromatic rings. The number of phosphoric acid groups is 1. The first-order valence-corrected chi connectivity index (χ1v) is 8.66. The summed E-state index contributed by atoms with van der Waals surface area (Å²) >= 11 is 0. The fraction of sp³-hybridized carbons (Fsp3) is 0.786. The topological polar surface area (TPSA) is 105 Å². The Morgan fingerprint density at radius 2 is 1.95 bits per heavy atom. The molecule has 0 rings (SSSR count). The Morgan fingerprint density at radius 3 is 2.41 bits per heavy atom. The maximum absolute atomic E-state index is 11.8. The molecule has 0 radical (unpaired) electrons. The molecule has 3 N–H and O–H groups in total. The van der Waals surface area contributed by atoms with Crippen LogP contribution in [-0.4, -0.2) is 41.3 Å². The highest BCUT2D eigenvalue weighted by atomic mass is 31.2. The van der Waals surface area contributed by atoms with Gasteiger partial charge >= 0.3 is 7.82 Å². The molecule has 3 unspecified atom stereocenters. The van der Waals surface area contributed by atoms with Crippen LogP contribution in [0, 0.1) is 5.41 Å². The zero-order valence-corrected chi connectivity index (χ0v) is 14.8. The molecule has 0 bridgehead atoms. The van der Waals surface area contributed by atoms with Crippen LogP contribution in [0.3, 0.4) is 0 Å². The van der Waals surface area contributed by atoms with Crippen molar-refractivity contribution in [1.29, 1.82) is 0 Å². The molecule has 0 aliphatic carbocycles. The maximum Gasteiger partial charge on any atom is 0.472 e. The lowest BCUT2D eigenvalue weighted by atomic mass is 9.93. The number of hydrogen-bond donors (Lipinski definition) is 3. The van der Waals surface area contributed by atoms with Gasteiger partial charge < -0.3 is 15.3 Å². The third-order valence-electron chi connectivity index (χ3n) is 2.71. The van der Waals surface area contributed by atoms with Gasteiger partial charge in [0, 0.05) is 6.92 Å². The van der Waals surface area contributed by atoms with Gasteiger partial charge in [-0.25, -0.2) is 4.57 Å². The Kier molecular flexibility index (Phi) is 9.12. The van der Waals surface area contributed by atoms with Gasteiger partial charge in [-0.05, 0) is 18.8 Å². The standard InChI is InChI=1S/C14H28NO6P/c1-6-7-13(17)12(15-11(2)16)10-21-22(18,19)20-9-8-14(3,4)5/h6-7,12-13,17H,8-10H2,1-5H3,(H,15,16)(H,18,19)/b7-6+. The SMILES string of the molecule is C/C=C/C(O)C(COP(=O)(O)OCCC(C)(C)C)NC(C)=O. The number of aliphatic hydroxyl groups is 1. The number of hydrogen-bond acceptors (Lipinski definition) is 5. The van der Waals surface area contributed by atoms with Crippen molar-refractivity contribution >= 4 is 13.7 Å². The summed E-state index contributed by atoms with van der Waals surface area (Å²) in [6.45, 7) is 8.70. The van der Waals surface area contributed by atoms with Gasteiger partial charge in [0.2, 0.25) is 5.91 Å². The third kappa shape index (κ3) is 10.9. The van der Waals surface area contributed by atoms with Crippen molar-refractivity contribution in [3.05, 3.63) is 12.2 Å². The van der Waals surface area contributed by atoms with Crippen molar-refractivity contribution < 1.29 is 28.4 Å². The van der Waals surface area contributed by atoms with E-state index in [1.54, 1.807) is 13.0 Å². The number of amides is 1. The molecule has 0 aliphatic rings. The second-order valence-electron chi connectivity index (χ2n) is 6.23. The van der Waals surface area contributed by atoms with Crippen LogP contribution in [0.15, 0.2) is 12.2 Å². The monoisotopic (exact) mass is 337 g/mol. The van der Waals surface area contributed by atoms with Crippen LogP contribution in [0.5, 0.6) is 0 Å². The summed E-state index contributed by atoms with van der Waals surface area (Å²) in [5.41, 5.74) is -0.0269. The molecule has 0 saturated heterocycles. The molecule has 0 aromatic carbocycles. The average molecular weight is 337 g/mol. The van der Waals surface area contributed by atoms with Gasteiger partial charge in [-0.2, -0.15) is 0 Å². The molecule has 7 nitrogen and oxygen atoms in total. The van der Waals surface area contributed by atoms with Crippen LogP contribution in [0.4, 0.5) is 0 Å². The fourth-order valence-electron chi connectivity index (χ4n) is 1.50. The molecule has 0 aliphatic heterocycles. The van der Waals surface area contributed by atoms with Gasteiger partial charge in [-0.3, -0.25) is 13.8 Å². The highest BCUT2D eigenvalue weighted by Crippen LogP contribution is 2.44. The minimum atomic E-state index is -4.22. The lowest BCUT2D eigenvalue weighted by molar-refractivity contribution is -0.120. The first-order chi connectivity index (χ1) is 9.97. The molecule has 1 amide bonds. The van der Waals surface area contributed by atoms with Gasteiger partial charge in [-0.1, -0.05) is 32.9 Å². The van der Waals surface area contributed by atoms with E-state index in [2.05, 4.69) is 5.32 Å². The Morgan fingerprint density at radius 1 is 1.36 bits per heavy atom. The van der Waals surface area contributed by atoms with Crippen LogP contribution in [0.25, 0.3) is 0 Å². The van der Waals surface area contributed by atoms with Crippen LogP contribution >= 0.6 is 7.82 Å². The lowest BCUT2D eigenvalue weighted by Gasteiger charge is -2.23. The average Bonchev–Trinajstić information content (AvgIpc) is 2.32. The molecule has 3 atom stereocenters. The highest BCUT2D eigenvalue weighted by Gasteiger charge is 2.27. The normalized spacial score (nSPS) is 18.0. The van der Waals surface area contributed by atoms with E-state index in [0.29, 0.717) is 6.42 Å². The molecule has 0 heterocycles. The highest BCUT2D eigenvalue weighted by molar-refractivity contribution is 7.47. The van der Waals surface area contributed by atoms with Crippen LogP contribution < -0.4 is 5.32 Å². The number of carbonyl (C=O) groups is 1. The number of carbonyl (C=O) groups excluding carboxylic acids is 1. The van der Waals surface area contributed by atoms with Crippen molar-refractivity contribution in [3.63, 3.8) is 0 Å². The Balaban J connectivity index is 4.48. The second kappa shape index (κ2) is 9.43. The Hall–Kier alpha value is -0.720. The van der Waals surface area contributed by atoms with E-state index in [1.807, 2.05) is 20.8 Å². The molecule has 22 heavy (non-hydrogen) atoms. The number of rotatable bonds is 9. The summed E-state index contributed by atoms with van der Waals surface area (Å²) in [5, 5.41) is 12.3. The molecule has 0 spiro atoms. The minimum Gasteiger partial charge on any atom is -0.387 e. The zero-order valence-electron chi connectivity index (χ0n) is 13.9. The van der Waals surface area contributed by atoms with Crippen molar-refractivity contribution in [3.8, 4) is 0 Å². The van der Waals surface area contributed by atoms with Crippen molar-refractivity contribution in [1.82, 2.24) is 5.32 Å². The molecule has 130 valence electrons. The van der Waals surface area contributed by atoms with Gasteiger partial charge in [0.25, 0.3) is 0 Å². The molecule has 0 saturated carbocycles. The van der Waals surface area contributed by atoms with E-state index in [1.165, 1.54) is 13.0 Å². The van der Waals surface area contributed by atoms with E-state index in [-0.39, 0.29) is 24.5 Å². The largest absolute Gasteiger partial charge is 0.472 e. The Bertz CT molecular complexity index is 418. The first kappa shape index (κ1) is 21.3. The van der Waals surface area contributed by atoms with Crippen molar-refractivity contribution in [2.45, 2.75) is 53.2 Å². The molecule has 0 aromatic heterocycles. The third-order valence-corrected chi connectivity index (χ3v) is 3.70. The van der Waals surface area contributed by atoms with E-state index in [9.17, 15) is 19.4 Å². The smallest absolute Gasteiger partial charge is 0.387 e. The minimum absolute atomic E-state index is 0.0269. The predicted octanol–water partition coefficient (Wildman–Crippen LogP) is 2.00. The van der Waals surface area contributed by atoms with E-state index in [0.717, 1.165) is 0 Å². The summed E-state index contributed by atoms with van der Waals surface area (Å²) < 4.78 is 21.5. The summed E-state index contributed by atoms with van der Waals surface area (Å²) in [4.78, 5) is 20.7. The van der Waals surface area contributed by atoms with Gasteiger partial charge in [-0.15, -0.1) is 0 Å². The Labute approximate surface area is 132 Å². The maximum atomic E-state index is 11.8. The van der Waals surface area contributed by atoms with Crippen molar-refractivity contribution in [2.75, 3.05) is 13.2 Å². The van der Waals surface area contributed by atoms with Crippen molar-refractivity contribution in [2.24, 2.45) is 5.41 Å². The van der Waals surface area contributed by atoms with E-state index in [4.69, 9.17) is 9.05 Å². The summed E-state index contributed by atoms with van der Waals surface area (Å²) in [6.07, 6.45) is 2.63. The molecular formula is C14H28NO6P. The zero-order chi connectivity index (χ0) is 17.4. The summed E-state index contributed by atoms with van der Waals surface area (Å²) in [7, 11) is -4.22. The quantitative estimate of drug-likeness (QED) is 0.439. The van der Waals surface area contributed by atoms with E-state index >= 15 is 0 Å². The number of nitrogens with one attached hydrogen (secondary N) is 1. The number of aliphatic hydroxyl groups excluding tert-OH is 1. The predicted molar refractivity (Wildman–Crippen MR) is 84.2 cm³/mol. The number of phosphoric ester groups is 1. The van der Waals surface area contributed by atoms with Gasteiger partial charge in [0.15, 0.2) is 0 Å². The van der Waals surface area contributed by atoms with Crippen LogP contribution in [-0.2, 0) is 18.4 Å². The molecular weight excluding hydrogens is 309 g/mol. The van der Waals surface area contributed by atoms with Crippen LogP contribution in [0.1, 0.15) is 41.0 Å². The lowest BCUT2D eigenvalue weighted by Crippen LogP contribution is -2.44. The fourth-order valence-corrected chi connectivity index (χ4v) is 2.24. The molecule has 0 fully saturated rings. The number of allylic oxidation sites excluding steroid dienone is 1. The summed E-state index contributed by atoms with van der Waals surface area (Å²) in [5.74, 6) is -0.376.